The molecule has 0 aromatic rings. The van der Waals surface area contributed by atoms with Crippen molar-refractivity contribution >= 4 is 11.8 Å². The van der Waals surface area contributed by atoms with Gasteiger partial charge in [-0.3, -0.25) is 9.59 Å². The minimum Gasteiger partial charge on any atom is -0.462 e. The molecule has 0 saturated heterocycles. The maximum absolute atomic E-state index is 12.2. The number of Topliss-reactive ketones (excluding diaryl/α,β-unsaturated/α-hetero) is 1. The van der Waals surface area contributed by atoms with Gasteiger partial charge in [-0.1, -0.05) is 18.6 Å². The van der Waals surface area contributed by atoms with E-state index >= 15 is 0 Å². The molecule has 4 nitrogen and oxygen atoms in total. The van der Waals surface area contributed by atoms with Crippen molar-refractivity contribution < 1.29 is 19.4 Å². The number of ether oxygens (including phenoxy) is 1. The van der Waals surface area contributed by atoms with Crippen LogP contribution in [0.3, 0.4) is 0 Å². The van der Waals surface area contributed by atoms with Gasteiger partial charge in [0.05, 0.1) is 6.61 Å². The summed E-state index contributed by atoms with van der Waals surface area (Å²) in [6.45, 7) is 5.81. The van der Waals surface area contributed by atoms with Gasteiger partial charge in [0.2, 0.25) is 0 Å². The molecule has 4 aliphatic carbocycles. The van der Waals surface area contributed by atoms with Crippen molar-refractivity contribution in [3.8, 4) is 0 Å². The van der Waals surface area contributed by atoms with E-state index in [9.17, 15) is 14.7 Å². The Bertz CT molecular complexity index is 667. The zero-order valence-corrected chi connectivity index (χ0v) is 17.0. The molecule has 27 heavy (non-hydrogen) atoms. The Morgan fingerprint density at radius 3 is 2.59 bits per heavy atom. The monoisotopic (exact) mass is 374 g/mol. The van der Waals surface area contributed by atoms with Gasteiger partial charge in [0, 0.05) is 24.7 Å². The number of rotatable bonds is 3. The highest BCUT2D eigenvalue weighted by atomic mass is 16.5. The fourth-order valence-electron chi connectivity index (χ4n) is 7.72. The number of hydrogen-bond donors (Lipinski definition) is 1. The third kappa shape index (κ3) is 2.82. The van der Waals surface area contributed by atoms with Crippen LogP contribution in [0.15, 0.2) is 11.6 Å². The van der Waals surface area contributed by atoms with Crippen LogP contribution in [0.1, 0.15) is 72.1 Å². The van der Waals surface area contributed by atoms with Gasteiger partial charge in [0.25, 0.3) is 0 Å². The Morgan fingerprint density at radius 1 is 1.15 bits per heavy atom. The second-order valence-electron chi connectivity index (χ2n) is 9.92. The largest absolute Gasteiger partial charge is 0.462 e. The van der Waals surface area contributed by atoms with Crippen molar-refractivity contribution in [1.82, 2.24) is 0 Å². The highest BCUT2D eigenvalue weighted by molar-refractivity contribution is 5.79. The first-order valence-corrected chi connectivity index (χ1v) is 10.8. The highest BCUT2D eigenvalue weighted by Gasteiger charge is 2.60. The van der Waals surface area contributed by atoms with E-state index in [2.05, 4.69) is 13.0 Å². The molecule has 0 amide bonds. The molecule has 0 spiro atoms. The molecule has 3 saturated carbocycles. The maximum Gasteiger partial charge on any atom is 0.302 e. The number of hydrogen-bond acceptors (Lipinski definition) is 4. The van der Waals surface area contributed by atoms with E-state index in [0.717, 1.165) is 51.4 Å². The first-order chi connectivity index (χ1) is 12.8. The first-order valence-electron chi connectivity index (χ1n) is 10.8. The van der Waals surface area contributed by atoms with Crippen LogP contribution in [-0.2, 0) is 14.3 Å². The van der Waals surface area contributed by atoms with Crippen LogP contribution in [0.5, 0.6) is 0 Å². The average Bonchev–Trinajstić information content (AvgIpc) is 2.98. The molecule has 0 heterocycles. The maximum atomic E-state index is 12.2. The first kappa shape index (κ1) is 19.2. The van der Waals surface area contributed by atoms with Crippen molar-refractivity contribution in [2.24, 2.45) is 34.5 Å². The molecule has 0 aromatic carbocycles. The molecule has 7 unspecified atom stereocenters. The van der Waals surface area contributed by atoms with E-state index in [1.807, 2.05) is 0 Å². The summed E-state index contributed by atoms with van der Waals surface area (Å²) < 4.78 is 5.49. The van der Waals surface area contributed by atoms with E-state index < -0.39 is 0 Å². The molecule has 7 atom stereocenters. The van der Waals surface area contributed by atoms with E-state index in [1.165, 1.54) is 12.5 Å². The molecular weight excluding hydrogens is 340 g/mol. The van der Waals surface area contributed by atoms with Crippen molar-refractivity contribution in [2.45, 2.75) is 78.2 Å². The second kappa shape index (κ2) is 6.72. The number of esters is 1. The topological polar surface area (TPSA) is 63.6 Å². The van der Waals surface area contributed by atoms with E-state index in [-0.39, 0.29) is 35.4 Å². The van der Waals surface area contributed by atoms with Crippen LogP contribution in [-0.4, -0.2) is 29.6 Å². The normalized spacial score (nSPS) is 45.9. The Labute approximate surface area is 162 Å². The smallest absolute Gasteiger partial charge is 0.302 e. The fourth-order valence-corrected chi connectivity index (χ4v) is 7.72. The summed E-state index contributed by atoms with van der Waals surface area (Å²) in [5.74, 6) is 2.06. The lowest BCUT2D eigenvalue weighted by Crippen LogP contribution is -2.53. The summed E-state index contributed by atoms with van der Waals surface area (Å²) in [7, 11) is 0. The Morgan fingerprint density at radius 2 is 1.93 bits per heavy atom. The molecule has 4 heteroatoms. The average molecular weight is 375 g/mol. The second-order valence-corrected chi connectivity index (χ2v) is 9.92. The van der Waals surface area contributed by atoms with E-state index in [0.29, 0.717) is 23.5 Å². The SMILES string of the molecule is CC(=O)OC1CCC2(CO)C(=CCC3C2CCC2(C)C(C(C)=O)CCC32)C1. The third-order valence-corrected chi connectivity index (χ3v) is 8.89. The van der Waals surface area contributed by atoms with Crippen LogP contribution < -0.4 is 0 Å². The summed E-state index contributed by atoms with van der Waals surface area (Å²) in [5.41, 5.74) is 1.34. The van der Waals surface area contributed by atoms with Crippen molar-refractivity contribution in [3.63, 3.8) is 0 Å². The molecule has 150 valence electrons. The quantitative estimate of drug-likeness (QED) is 0.598. The molecule has 4 aliphatic rings. The van der Waals surface area contributed by atoms with Gasteiger partial charge in [-0.2, -0.15) is 0 Å². The minimum atomic E-state index is -0.208. The van der Waals surface area contributed by atoms with Gasteiger partial charge in [-0.15, -0.1) is 0 Å². The molecule has 0 aromatic heterocycles. The summed E-state index contributed by atoms with van der Waals surface area (Å²) in [5, 5.41) is 10.5. The van der Waals surface area contributed by atoms with E-state index in [4.69, 9.17) is 4.74 Å². The number of aliphatic hydroxyl groups excluding tert-OH is 1. The lowest BCUT2D eigenvalue weighted by Gasteiger charge is -2.58. The fraction of sp³-hybridized carbons (Fsp3) is 0.826. The number of allylic oxidation sites excluding steroid dienone is 1. The number of aliphatic hydroxyl groups is 1. The Kier molecular flexibility index (Phi) is 4.77. The Hall–Kier alpha value is -1.16. The molecular formula is C23H34O4. The van der Waals surface area contributed by atoms with Gasteiger partial charge in [-0.05, 0) is 75.0 Å². The zero-order chi connectivity index (χ0) is 19.4. The van der Waals surface area contributed by atoms with Crippen LogP contribution in [0.2, 0.25) is 0 Å². The Balaban J connectivity index is 1.62. The van der Waals surface area contributed by atoms with Gasteiger partial charge in [0.1, 0.15) is 11.9 Å². The highest BCUT2D eigenvalue weighted by Crippen LogP contribution is 2.66. The van der Waals surface area contributed by atoms with Crippen molar-refractivity contribution in [3.05, 3.63) is 11.6 Å². The standard InChI is InChI=1S/C23H34O4/c1-14(25)19-6-7-20-18-5-4-16-12-17(27-15(2)26)8-11-23(16,13-24)21(18)9-10-22(19,20)3/h4,17-21,24H,5-13H2,1-3H3. The molecule has 3 fully saturated rings. The summed E-state index contributed by atoms with van der Waals surface area (Å²) in [6.07, 6.45) is 10.3. The molecule has 4 rings (SSSR count). The zero-order valence-electron chi connectivity index (χ0n) is 17.0. The summed E-state index contributed by atoms with van der Waals surface area (Å²) >= 11 is 0. The van der Waals surface area contributed by atoms with E-state index in [1.54, 1.807) is 6.92 Å². The number of ketones is 1. The predicted octanol–water partition coefficient (Wildman–Crippen LogP) is 4.06. The van der Waals surface area contributed by atoms with Gasteiger partial charge in [0.15, 0.2) is 0 Å². The van der Waals surface area contributed by atoms with Crippen LogP contribution >= 0.6 is 0 Å². The number of fused-ring (bicyclic) bond motifs is 5. The predicted molar refractivity (Wildman–Crippen MR) is 103 cm³/mol. The van der Waals surface area contributed by atoms with Crippen LogP contribution in [0.25, 0.3) is 0 Å². The molecule has 1 N–H and O–H groups in total. The molecule has 0 radical (unpaired) electrons. The van der Waals surface area contributed by atoms with Crippen LogP contribution in [0, 0.1) is 34.5 Å². The van der Waals surface area contributed by atoms with Gasteiger partial charge >= 0.3 is 5.97 Å². The minimum absolute atomic E-state index is 0.0348. The summed E-state index contributed by atoms with van der Waals surface area (Å²) in [4.78, 5) is 23.6. The summed E-state index contributed by atoms with van der Waals surface area (Å²) in [6, 6.07) is 0. The molecule has 0 bridgehead atoms. The lowest BCUT2D eigenvalue weighted by molar-refractivity contribution is -0.150. The number of carbonyl (C=O) groups excluding carboxylic acids is 2. The van der Waals surface area contributed by atoms with Gasteiger partial charge < -0.3 is 9.84 Å². The third-order valence-electron chi connectivity index (χ3n) is 8.89. The van der Waals surface area contributed by atoms with Crippen LogP contribution in [0.4, 0.5) is 0 Å². The van der Waals surface area contributed by atoms with Crippen molar-refractivity contribution in [1.29, 1.82) is 0 Å². The van der Waals surface area contributed by atoms with Crippen molar-refractivity contribution in [2.75, 3.05) is 6.61 Å². The van der Waals surface area contributed by atoms with Gasteiger partial charge in [-0.25, -0.2) is 0 Å². The lowest BCUT2D eigenvalue weighted by atomic mass is 9.47. The molecule has 0 aliphatic heterocycles. The number of carbonyl (C=O) groups is 2.